The maximum absolute atomic E-state index is 12.0. The fraction of sp³-hybridized carbons (Fsp3) is 0.750. The van der Waals surface area contributed by atoms with Crippen molar-refractivity contribution in [3.63, 3.8) is 0 Å². The third-order valence-electron chi connectivity index (χ3n) is 3.02. The van der Waals surface area contributed by atoms with E-state index in [1.165, 1.54) is 4.90 Å². The van der Waals surface area contributed by atoms with Crippen LogP contribution in [0.5, 0.6) is 0 Å². The Labute approximate surface area is 102 Å². The summed E-state index contributed by atoms with van der Waals surface area (Å²) in [6.07, 6.45) is 1.14. The molecule has 0 bridgehead atoms. The molecule has 1 heterocycles. The Hall–Kier alpha value is -1.39. The van der Waals surface area contributed by atoms with E-state index in [1.807, 2.05) is 13.8 Å². The van der Waals surface area contributed by atoms with Crippen molar-refractivity contribution >= 4 is 17.7 Å². The van der Waals surface area contributed by atoms with E-state index in [0.717, 1.165) is 6.42 Å². The van der Waals surface area contributed by atoms with Crippen LogP contribution in [0.2, 0.25) is 0 Å². The Morgan fingerprint density at radius 1 is 1.41 bits per heavy atom. The number of hydrogen-bond donors (Lipinski definition) is 1. The SMILES string of the molecule is CC(C)CCC(=O)N1CC(=O)NC(=O)C1(C)C. The van der Waals surface area contributed by atoms with E-state index in [0.29, 0.717) is 12.3 Å². The van der Waals surface area contributed by atoms with Gasteiger partial charge in [-0.25, -0.2) is 0 Å². The summed E-state index contributed by atoms with van der Waals surface area (Å²) >= 11 is 0. The number of rotatable bonds is 3. The van der Waals surface area contributed by atoms with Gasteiger partial charge in [-0.2, -0.15) is 0 Å². The van der Waals surface area contributed by atoms with Gasteiger partial charge in [0, 0.05) is 6.42 Å². The van der Waals surface area contributed by atoms with E-state index < -0.39 is 17.4 Å². The van der Waals surface area contributed by atoms with Crippen LogP contribution in [0.1, 0.15) is 40.5 Å². The Morgan fingerprint density at radius 2 is 2.00 bits per heavy atom. The molecule has 0 spiro atoms. The fourth-order valence-corrected chi connectivity index (χ4v) is 1.73. The fourth-order valence-electron chi connectivity index (χ4n) is 1.73. The van der Waals surface area contributed by atoms with Crippen molar-refractivity contribution in [2.45, 2.75) is 46.1 Å². The molecule has 0 saturated carbocycles. The zero-order valence-corrected chi connectivity index (χ0v) is 10.9. The van der Waals surface area contributed by atoms with Crippen LogP contribution in [0.15, 0.2) is 0 Å². The second kappa shape index (κ2) is 4.85. The number of piperazine rings is 1. The third-order valence-corrected chi connectivity index (χ3v) is 3.02. The monoisotopic (exact) mass is 240 g/mol. The zero-order valence-electron chi connectivity index (χ0n) is 10.9. The van der Waals surface area contributed by atoms with E-state index in [4.69, 9.17) is 0 Å². The summed E-state index contributed by atoms with van der Waals surface area (Å²) in [4.78, 5) is 36.3. The van der Waals surface area contributed by atoms with E-state index in [1.54, 1.807) is 13.8 Å². The highest BCUT2D eigenvalue weighted by Crippen LogP contribution is 2.20. The predicted molar refractivity (Wildman–Crippen MR) is 63.0 cm³/mol. The largest absolute Gasteiger partial charge is 0.319 e. The number of imide groups is 1. The average molecular weight is 240 g/mol. The first-order valence-corrected chi connectivity index (χ1v) is 5.90. The summed E-state index contributed by atoms with van der Waals surface area (Å²) in [6, 6.07) is 0. The van der Waals surface area contributed by atoms with Crippen LogP contribution >= 0.6 is 0 Å². The van der Waals surface area contributed by atoms with Crippen LogP contribution in [0.3, 0.4) is 0 Å². The maximum atomic E-state index is 12.0. The molecule has 0 radical (unpaired) electrons. The molecular weight excluding hydrogens is 220 g/mol. The summed E-state index contributed by atoms with van der Waals surface area (Å²) < 4.78 is 0. The number of carbonyl (C=O) groups excluding carboxylic acids is 3. The highest BCUT2D eigenvalue weighted by molar-refractivity contribution is 6.06. The van der Waals surface area contributed by atoms with Gasteiger partial charge in [0.25, 0.3) is 5.91 Å². The van der Waals surface area contributed by atoms with Gasteiger partial charge in [0.1, 0.15) is 12.1 Å². The van der Waals surface area contributed by atoms with Crippen molar-refractivity contribution in [3.05, 3.63) is 0 Å². The standard InChI is InChI=1S/C12H20N2O3/c1-8(2)5-6-10(16)14-7-9(15)13-11(17)12(14,3)4/h8H,5-7H2,1-4H3,(H,13,15,17). The second-order valence-electron chi connectivity index (χ2n) is 5.35. The number of amides is 3. The molecule has 1 rings (SSSR count). The van der Waals surface area contributed by atoms with Gasteiger partial charge in [-0.3, -0.25) is 19.7 Å². The first kappa shape index (κ1) is 13.7. The van der Waals surface area contributed by atoms with Crippen LogP contribution in [-0.2, 0) is 14.4 Å². The number of carbonyl (C=O) groups is 3. The van der Waals surface area contributed by atoms with Crippen LogP contribution in [0, 0.1) is 5.92 Å². The van der Waals surface area contributed by atoms with Gasteiger partial charge >= 0.3 is 0 Å². The van der Waals surface area contributed by atoms with Crippen molar-refractivity contribution in [2.75, 3.05) is 6.54 Å². The van der Waals surface area contributed by atoms with E-state index >= 15 is 0 Å². The number of hydrogen-bond acceptors (Lipinski definition) is 3. The van der Waals surface area contributed by atoms with Crippen molar-refractivity contribution in [1.82, 2.24) is 10.2 Å². The van der Waals surface area contributed by atoms with Crippen molar-refractivity contribution < 1.29 is 14.4 Å². The van der Waals surface area contributed by atoms with Gasteiger partial charge in [0.05, 0.1) is 0 Å². The molecular formula is C12H20N2O3. The minimum atomic E-state index is -0.942. The van der Waals surface area contributed by atoms with Crippen LogP contribution in [-0.4, -0.2) is 34.7 Å². The van der Waals surface area contributed by atoms with E-state index in [-0.39, 0.29) is 12.5 Å². The normalized spacial score (nSPS) is 19.5. The predicted octanol–water partition coefficient (Wildman–Crippen LogP) is 0.686. The molecule has 0 unspecified atom stereocenters. The average Bonchev–Trinajstić information content (AvgIpc) is 2.20. The Balaban J connectivity index is 2.76. The highest BCUT2D eigenvalue weighted by atomic mass is 16.2. The summed E-state index contributed by atoms with van der Waals surface area (Å²) in [5, 5.41) is 2.25. The van der Waals surface area contributed by atoms with Crippen molar-refractivity contribution in [2.24, 2.45) is 5.92 Å². The van der Waals surface area contributed by atoms with E-state index in [9.17, 15) is 14.4 Å². The lowest BCUT2D eigenvalue weighted by molar-refractivity contribution is -0.155. The molecule has 3 amide bonds. The molecule has 96 valence electrons. The smallest absolute Gasteiger partial charge is 0.252 e. The first-order chi connectivity index (χ1) is 7.75. The molecule has 5 heteroatoms. The van der Waals surface area contributed by atoms with Gasteiger partial charge in [-0.1, -0.05) is 13.8 Å². The first-order valence-electron chi connectivity index (χ1n) is 5.90. The molecule has 0 atom stereocenters. The van der Waals surface area contributed by atoms with Crippen LogP contribution in [0.25, 0.3) is 0 Å². The van der Waals surface area contributed by atoms with Gasteiger partial charge in [0.15, 0.2) is 0 Å². The lowest BCUT2D eigenvalue weighted by Gasteiger charge is -2.40. The molecule has 1 aliphatic heterocycles. The minimum Gasteiger partial charge on any atom is -0.319 e. The summed E-state index contributed by atoms with van der Waals surface area (Å²) in [6.45, 7) is 7.35. The summed E-state index contributed by atoms with van der Waals surface area (Å²) in [5.41, 5.74) is -0.942. The summed E-state index contributed by atoms with van der Waals surface area (Å²) in [5.74, 6) is -0.526. The Bertz CT molecular complexity index is 348. The highest BCUT2D eigenvalue weighted by Gasteiger charge is 2.43. The quantitative estimate of drug-likeness (QED) is 0.738. The third kappa shape index (κ3) is 3.05. The molecule has 0 aromatic rings. The molecule has 1 saturated heterocycles. The molecule has 17 heavy (non-hydrogen) atoms. The molecule has 1 aliphatic rings. The lowest BCUT2D eigenvalue weighted by Crippen LogP contribution is -2.65. The Kier molecular flexibility index (Phi) is 3.91. The molecule has 0 aliphatic carbocycles. The van der Waals surface area contributed by atoms with E-state index in [2.05, 4.69) is 5.32 Å². The number of nitrogens with zero attached hydrogens (tertiary/aromatic N) is 1. The number of nitrogens with one attached hydrogen (secondary N) is 1. The molecule has 1 fully saturated rings. The van der Waals surface area contributed by atoms with Crippen molar-refractivity contribution in [3.8, 4) is 0 Å². The summed E-state index contributed by atoms with van der Waals surface area (Å²) in [7, 11) is 0. The molecule has 1 N–H and O–H groups in total. The van der Waals surface area contributed by atoms with Crippen LogP contribution < -0.4 is 5.32 Å². The van der Waals surface area contributed by atoms with Crippen molar-refractivity contribution in [1.29, 1.82) is 0 Å². The van der Waals surface area contributed by atoms with Gasteiger partial charge in [-0.15, -0.1) is 0 Å². The Morgan fingerprint density at radius 3 is 2.53 bits per heavy atom. The van der Waals surface area contributed by atoms with Gasteiger partial charge in [-0.05, 0) is 26.2 Å². The van der Waals surface area contributed by atoms with Gasteiger partial charge in [0.2, 0.25) is 11.8 Å². The zero-order chi connectivity index (χ0) is 13.2. The minimum absolute atomic E-state index is 0.0321. The van der Waals surface area contributed by atoms with Gasteiger partial charge < -0.3 is 4.90 Å². The van der Waals surface area contributed by atoms with Crippen LogP contribution in [0.4, 0.5) is 0 Å². The second-order valence-corrected chi connectivity index (χ2v) is 5.35. The lowest BCUT2D eigenvalue weighted by atomic mass is 9.97. The topological polar surface area (TPSA) is 66.5 Å². The maximum Gasteiger partial charge on any atom is 0.252 e. The molecule has 0 aromatic carbocycles. The molecule has 0 aromatic heterocycles. The molecule has 5 nitrogen and oxygen atoms in total.